The Labute approximate surface area is 145 Å². The molecule has 3 aromatic rings. The summed E-state index contributed by atoms with van der Waals surface area (Å²) in [5.41, 5.74) is 0.181. The van der Waals surface area contributed by atoms with Gasteiger partial charge >= 0.3 is 5.97 Å². The highest BCUT2D eigenvalue weighted by atomic mass is 32.1. The molecule has 3 heterocycles. The van der Waals surface area contributed by atoms with E-state index in [2.05, 4.69) is 15.5 Å². The summed E-state index contributed by atoms with van der Waals surface area (Å²) in [6, 6.07) is 5.41. The van der Waals surface area contributed by atoms with Crippen molar-refractivity contribution in [2.45, 2.75) is 20.0 Å². The van der Waals surface area contributed by atoms with Crippen molar-refractivity contribution < 1.29 is 18.8 Å². The first-order chi connectivity index (χ1) is 11.5. The summed E-state index contributed by atoms with van der Waals surface area (Å²) >= 11 is 2.89. The van der Waals surface area contributed by atoms with Gasteiger partial charge in [-0.05, 0) is 25.3 Å². The summed E-state index contributed by atoms with van der Waals surface area (Å²) in [5, 5.41) is 10.5. The van der Waals surface area contributed by atoms with Crippen LogP contribution in [0.3, 0.4) is 0 Å². The van der Waals surface area contributed by atoms with Gasteiger partial charge in [0, 0.05) is 11.4 Å². The summed E-state index contributed by atoms with van der Waals surface area (Å²) < 4.78 is 10.00. The standard InChI is InChI=1S/C15H13N3O4S2/c1-8-6-12(18-22-8)17-13(19)9(2)21-15(20)10-7-24-14(16-10)11-4-3-5-23-11/h3-7,9H,1-2H3,(H,17,18,19)/t9-/m1/s1. The molecule has 124 valence electrons. The molecule has 1 atom stereocenters. The zero-order chi connectivity index (χ0) is 17.1. The molecule has 9 heteroatoms. The Hall–Kier alpha value is -2.52. The number of ether oxygens (including phenoxy) is 1. The molecule has 0 aliphatic rings. The Bertz CT molecular complexity index is 854. The molecule has 24 heavy (non-hydrogen) atoms. The smallest absolute Gasteiger partial charge is 0.358 e. The second-order valence-electron chi connectivity index (χ2n) is 4.87. The van der Waals surface area contributed by atoms with Crippen LogP contribution in [0.5, 0.6) is 0 Å². The van der Waals surface area contributed by atoms with Crippen LogP contribution in [0.1, 0.15) is 23.2 Å². The maximum Gasteiger partial charge on any atom is 0.358 e. The summed E-state index contributed by atoms with van der Waals surface area (Å²) in [4.78, 5) is 29.3. The average Bonchev–Trinajstić information content (AvgIpc) is 3.28. The van der Waals surface area contributed by atoms with E-state index in [0.717, 1.165) is 9.88 Å². The molecule has 0 aromatic carbocycles. The third kappa shape index (κ3) is 3.69. The minimum Gasteiger partial charge on any atom is -0.448 e. The minimum absolute atomic E-state index is 0.181. The van der Waals surface area contributed by atoms with Gasteiger partial charge in [0.05, 0.1) is 4.88 Å². The second-order valence-corrected chi connectivity index (χ2v) is 6.68. The first-order valence-electron chi connectivity index (χ1n) is 6.97. The minimum atomic E-state index is -0.985. The summed E-state index contributed by atoms with van der Waals surface area (Å²) in [5.74, 6) is -0.300. The lowest BCUT2D eigenvalue weighted by Gasteiger charge is -2.11. The third-order valence-corrected chi connectivity index (χ3v) is 4.86. The van der Waals surface area contributed by atoms with Crippen molar-refractivity contribution in [1.29, 1.82) is 0 Å². The van der Waals surface area contributed by atoms with E-state index in [-0.39, 0.29) is 11.5 Å². The van der Waals surface area contributed by atoms with Crippen LogP contribution in [-0.4, -0.2) is 28.1 Å². The lowest BCUT2D eigenvalue weighted by atomic mass is 10.3. The maximum atomic E-state index is 12.1. The van der Waals surface area contributed by atoms with E-state index in [1.54, 1.807) is 18.4 Å². The number of aryl methyl sites for hydroxylation is 1. The number of hydrogen-bond acceptors (Lipinski definition) is 8. The van der Waals surface area contributed by atoms with Crippen molar-refractivity contribution in [3.8, 4) is 9.88 Å². The number of nitrogens with one attached hydrogen (secondary N) is 1. The van der Waals surface area contributed by atoms with Crippen molar-refractivity contribution >= 4 is 40.4 Å². The van der Waals surface area contributed by atoms with Gasteiger partial charge in [-0.15, -0.1) is 22.7 Å². The van der Waals surface area contributed by atoms with Gasteiger partial charge < -0.3 is 14.6 Å². The van der Waals surface area contributed by atoms with Crippen molar-refractivity contribution in [3.63, 3.8) is 0 Å². The zero-order valence-electron chi connectivity index (χ0n) is 12.8. The number of esters is 1. The number of anilines is 1. The van der Waals surface area contributed by atoms with E-state index < -0.39 is 18.0 Å². The monoisotopic (exact) mass is 363 g/mol. The number of hydrogen-bond donors (Lipinski definition) is 1. The summed E-state index contributed by atoms with van der Waals surface area (Å²) in [6.07, 6.45) is -0.985. The molecule has 0 bridgehead atoms. The lowest BCUT2D eigenvalue weighted by Crippen LogP contribution is -2.30. The van der Waals surface area contributed by atoms with Crippen LogP contribution in [0, 0.1) is 6.92 Å². The number of nitrogens with zero attached hydrogens (tertiary/aromatic N) is 2. The predicted octanol–water partition coefficient (Wildman–Crippen LogP) is 3.35. The van der Waals surface area contributed by atoms with Crippen molar-refractivity contribution in [1.82, 2.24) is 10.1 Å². The van der Waals surface area contributed by atoms with Crippen LogP contribution in [0.15, 0.2) is 33.5 Å². The molecule has 3 aromatic heterocycles. The zero-order valence-corrected chi connectivity index (χ0v) is 14.4. The van der Waals surface area contributed by atoms with Gasteiger partial charge in [0.2, 0.25) is 0 Å². The van der Waals surface area contributed by atoms with Crippen LogP contribution in [-0.2, 0) is 9.53 Å². The van der Waals surface area contributed by atoms with Gasteiger partial charge in [0.1, 0.15) is 10.8 Å². The van der Waals surface area contributed by atoms with Crippen molar-refractivity contribution in [2.75, 3.05) is 5.32 Å². The molecule has 0 aliphatic heterocycles. The third-order valence-electron chi connectivity index (χ3n) is 2.98. The van der Waals surface area contributed by atoms with Crippen LogP contribution in [0.25, 0.3) is 9.88 Å². The van der Waals surface area contributed by atoms with Gasteiger partial charge in [-0.1, -0.05) is 11.2 Å². The van der Waals surface area contributed by atoms with E-state index in [0.29, 0.717) is 5.76 Å². The molecule has 0 fully saturated rings. The predicted molar refractivity (Wildman–Crippen MR) is 90.2 cm³/mol. The molecule has 0 saturated heterocycles. The van der Waals surface area contributed by atoms with Gasteiger partial charge in [0.15, 0.2) is 17.6 Å². The average molecular weight is 363 g/mol. The first-order valence-corrected chi connectivity index (χ1v) is 8.73. The SMILES string of the molecule is Cc1cc(NC(=O)[C@@H](C)OC(=O)c2csc(-c3cccs3)n2)no1. The number of thiazole rings is 1. The molecule has 0 aliphatic carbocycles. The lowest BCUT2D eigenvalue weighted by molar-refractivity contribution is -0.123. The number of aromatic nitrogens is 2. The molecule has 3 rings (SSSR count). The van der Waals surface area contributed by atoms with Crippen LogP contribution in [0.2, 0.25) is 0 Å². The summed E-state index contributed by atoms with van der Waals surface area (Å²) in [7, 11) is 0. The van der Waals surface area contributed by atoms with Gasteiger partial charge in [-0.2, -0.15) is 0 Å². The fraction of sp³-hybridized carbons (Fsp3) is 0.200. The highest BCUT2D eigenvalue weighted by molar-refractivity contribution is 7.20. The first kappa shape index (κ1) is 16.3. The molecule has 0 radical (unpaired) electrons. The molecule has 1 N–H and O–H groups in total. The Morgan fingerprint density at radius 1 is 1.38 bits per heavy atom. The fourth-order valence-corrected chi connectivity index (χ4v) is 3.41. The topological polar surface area (TPSA) is 94.3 Å². The van der Waals surface area contributed by atoms with Crippen LogP contribution >= 0.6 is 22.7 Å². The normalized spacial score (nSPS) is 11.9. The van der Waals surface area contributed by atoms with E-state index in [4.69, 9.17) is 9.26 Å². The van der Waals surface area contributed by atoms with Crippen molar-refractivity contribution in [3.05, 3.63) is 40.4 Å². The van der Waals surface area contributed by atoms with E-state index >= 15 is 0 Å². The molecule has 0 spiro atoms. The Balaban J connectivity index is 1.60. The largest absolute Gasteiger partial charge is 0.448 e. The second kappa shape index (κ2) is 6.93. The van der Waals surface area contributed by atoms with Gasteiger partial charge in [-0.25, -0.2) is 9.78 Å². The fourth-order valence-electron chi connectivity index (χ4n) is 1.81. The molecule has 1 amide bonds. The number of carbonyl (C=O) groups is 2. The summed E-state index contributed by atoms with van der Waals surface area (Å²) in [6.45, 7) is 3.19. The van der Waals surface area contributed by atoms with Gasteiger partial charge in [-0.3, -0.25) is 4.79 Å². The Morgan fingerprint density at radius 2 is 2.21 bits per heavy atom. The number of carbonyl (C=O) groups excluding carboxylic acids is 2. The molecular weight excluding hydrogens is 350 g/mol. The highest BCUT2D eigenvalue weighted by Gasteiger charge is 2.22. The number of amides is 1. The Morgan fingerprint density at radius 3 is 2.88 bits per heavy atom. The molecule has 7 nitrogen and oxygen atoms in total. The Kier molecular flexibility index (Phi) is 4.72. The highest BCUT2D eigenvalue weighted by Crippen LogP contribution is 2.28. The number of thiophene rings is 1. The quantitative estimate of drug-likeness (QED) is 0.699. The van der Waals surface area contributed by atoms with Crippen molar-refractivity contribution in [2.24, 2.45) is 0 Å². The molecule has 0 unspecified atom stereocenters. The molecule has 0 saturated carbocycles. The maximum absolute atomic E-state index is 12.1. The van der Waals surface area contributed by atoms with E-state index in [1.165, 1.54) is 29.6 Å². The number of rotatable bonds is 5. The van der Waals surface area contributed by atoms with E-state index in [9.17, 15) is 9.59 Å². The molecular formula is C15H13N3O4S2. The van der Waals surface area contributed by atoms with E-state index in [1.807, 2.05) is 17.5 Å². The van der Waals surface area contributed by atoms with Gasteiger partial charge in [0.25, 0.3) is 5.91 Å². The van der Waals surface area contributed by atoms with Crippen LogP contribution in [0.4, 0.5) is 5.82 Å². The van der Waals surface area contributed by atoms with Crippen LogP contribution < -0.4 is 5.32 Å².